The molecule has 0 unspecified atom stereocenters. The van der Waals surface area contributed by atoms with Gasteiger partial charge in [-0.2, -0.15) is 5.10 Å². The van der Waals surface area contributed by atoms with Crippen molar-refractivity contribution < 1.29 is 4.79 Å². The highest BCUT2D eigenvalue weighted by molar-refractivity contribution is 9.10. The van der Waals surface area contributed by atoms with Crippen LogP contribution in [0.1, 0.15) is 21.6 Å². The van der Waals surface area contributed by atoms with E-state index in [1.807, 2.05) is 19.1 Å². The fourth-order valence-electron chi connectivity index (χ4n) is 1.62. The minimum atomic E-state index is -0.134. The van der Waals surface area contributed by atoms with Gasteiger partial charge in [-0.15, -0.1) is 0 Å². The molecule has 0 saturated heterocycles. The second-order valence-electron chi connectivity index (χ2n) is 3.73. The van der Waals surface area contributed by atoms with E-state index in [1.165, 1.54) is 4.68 Å². The van der Waals surface area contributed by atoms with Crippen molar-refractivity contribution in [3.8, 4) is 0 Å². The lowest BCUT2D eigenvalue weighted by Gasteiger charge is -2.06. The summed E-state index contributed by atoms with van der Waals surface area (Å²) in [6.45, 7) is 1.87. The van der Waals surface area contributed by atoms with E-state index in [-0.39, 0.29) is 5.78 Å². The van der Waals surface area contributed by atoms with Gasteiger partial charge in [0, 0.05) is 12.6 Å². The van der Waals surface area contributed by atoms with Crippen LogP contribution in [-0.2, 0) is 7.05 Å². The highest BCUT2D eigenvalue weighted by Gasteiger charge is 2.20. The zero-order valence-electron chi connectivity index (χ0n) is 9.37. The third-order valence-corrected chi connectivity index (χ3v) is 3.63. The lowest BCUT2D eigenvalue weighted by atomic mass is 10.1. The number of hydrogen-bond acceptors (Lipinski definition) is 2. The van der Waals surface area contributed by atoms with Gasteiger partial charge in [0.15, 0.2) is 0 Å². The van der Waals surface area contributed by atoms with Gasteiger partial charge in [0.2, 0.25) is 5.78 Å². The highest BCUT2D eigenvalue weighted by Crippen LogP contribution is 2.25. The average Bonchev–Trinajstić information content (AvgIpc) is 2.62. The number of ketones is 1. The zero-order valence-corrected chi connectivity index (χ0v) is 11.7. The van der Waals surface area contributed by atoms with Crippen LogP contribution in [0.25, 0.3) is 0 Å². The van der Waals surface area contributed by atoms with Crippen LogP contribution < -0.4 is 0 Å². The monoisotopic (exact) mass is 312 g/mol. The normalized spacial score (nSPS) is 10.6. The van der Waals surface area contributed by atoms with Crippen molar-refractivity contribution in [2.75, 3.05) is 0 Å². The molecule has 0 N–H and O–H groups in total. The number of benzene rings is 1. The van der Waals surface area contributed by atoms with E-state index in [0.29, 0.717) is 20.8 Å². The Balaban J connectivity index is 2.55. The fraction of sp³-hybridized carbons (Fsp3) is 0.167. The second-order valence-corrected chi connectivity index (χ2v) is 4.96. The molecule has 1 heterocycles. The summed E-state index contributed by atoms with van der Waals surface area (Å²) in [5, 5.41) is 4.51. The van der Waals surface area contributed by atoms with Crippen molar-refractivity contribution in [2.24, 2.45) is 7.05 Å². The molecule has 0 amide bonds. The molecule has 0 bridgehead atoms. The minimum absolute atomic E-state index is 0.134. The Morgan fingerprint density at radius 2 is 2.18 bits per heavy atom. The van der Waals surface area contributed by atoms with Crippen LogP contribution in [0.15, 0.2) is 28.9 Å². The van der Waals surface area contributed by atoms with Gasteiger partial charge >= 0.3 is 0 Å². The van der Waals surface area contributed by atoms with Crippen molar-refractivity contribution in [2.45, 2.75) is 6.92 Å². The molecular weight excluding hydrogens is 304 g/mol. The number of carbonyl (C=O) groups excluding carboxylic acids is 1. The Kier molecular flexibility index (Phi) is 3.35. The third-order valence-electron chi connectivity index (χ3n) is 2.55. The molecule has 3 nitrogen and oxygen atoms in total. The van der Waals surface area contributed by atoms with Crippen molar-refractivity contribution in [1.29, 1.82) is 0 Å². The maximum atomic E-state index is 12.3. The van der Waals surface area contributed by atoms with E-state index in [4.69, 9.17) is 11.6 Å². The SMILES string of the molecule is Cc1cccc(C(=O)c2c(Br)cnn2C)c1Cl. The van der Waals surface area contributed by atoms with Gasteiger partial charge in [-0.25, -0.2) is 0 Å². The quantitative estimate of drug-likeness (QED) is 0.797. The van der Waals surface area contributed by atoms with Crippen LogP contribution in [0.4, 0.5) is 0 Å². The fourth-order valence-corrected chi connectivity index (χ4v) is 2.36. The van der Waals surface area contributed by atoms with Crippen molar-refractivity contribution in [1.82, 2.24) is 9.78 Å². The van der Waals surface area contributed by atoms with Gasteiger partial charge in [0.25, 0.3) is 0 Å². The Morgan fingerprint density at radius 1 is 1.47 bits per heavy atom. The molecule has 1 aromatic heterocycles. The van der Waals surface area contributed by atoms with Crippen molar-refractivity contribution >= 4 is 33.3 Å². The summed E-state index contributed by atoms with van der Waals surface area (Å²) < 4.78 is 2.20. The van der Waals surface area contributed by atoms with E-state index in [0.717, 1.165) is 5.56 Å². The summed E-state index contributed by atoms with van der Waals surface area (Å²) in [6.07, 6.45) is 1.59. The van der Waals surface area contributed by atoms with Gasteiger partial charge in [0.05, 0.1) is 15.7 Å². The van der Waals surface area contributed by atoms with Gasteiger partial charge in [-0.1, -0.05) is 23.7 Å². The van der Waals surface area contributed by atoms with Crippen molar-refractivity contribution in [3.63, 3.8) is 0 Å². The molecule has 0 aliphatic heterocycles. The third kappa shape index (κ3) is 2.15. The van der Waals surface area contributed by atoms with Crippen LogP contribution in [0.3, 0.4) is 0 Å². The Bertz CT molecular complexity index is 573. The first kappa shape index (κ1) is 12.3. The number of hydrogen-bond donors (Lipinski definition) is 0. The Hall–Kier alpha value is -1.13. The summed E-state index contributed by atoms with van der Waals surface area (Å²) in [4.78, 5) is 12.3. The maximum absolute atomic E-state index is 12.3. The molecule has 2 aromatic rings. The van der Waals surface area contributed by atoms with Crippen LogP contribution in [-0.4, -0.2) is 15.6 Å². The number of carbonyl (C=O) groups is 1. The topological polar surface area (TPSA) is 34.9 Å². The molecule has 0 radical (unpaired) electrons. The van der Waals surface area contributed by atoms with Crippen LogP contribution >= 0.6 is 27.5 Å². The first-order valence-corrected chi connectivity index (χ1v) is 6.16. The number of nitrogens with zero attached hydrogens (tertiary/aromatic N) is 2. The largest absolute Gasteiger partial charge is 0.287 e. The lowest BCUT2D eigenvalue weighted by Crippen LogP contribution is -2.09. The predicted octanol–water partition coefficient (Wildman–Crippen LogP) is 3.38. The van der Waals surface area contributed by atoms with E-state index in [2.05, 4.69) is 21.0 Å². The first-order valence-electron chi connectivity index (χ1n) is 4.99. The molecule has 0 saturated carbocycles. The van der Waals surface area contributed by atoms with Crippen LogP contribution in [0.5, 0.6) is 0 Å². The van der Waals surface area contributed by atoms with Gasteiger partial charge in [0.1, 0.15) is 5.69 Å². The average molecular weight is 314 g/mol. The molecule has 0 atom stereocenters. The first-order chi connectivity index (χ1) is 8.02. The summed E-state index contributed by atoms with van der Waals surface area (Å²) in [6, 6.07) is 5.41. The summed E-state index contributed by atoms with van der Waals surface area (Å²) in [5.74, 6) is -0.134. The van der Waals surface area contributed by atoms with E-state index < -0.39 is 0 Å². The van der Waals surface area contributed by atoms with Gasteiger partial charge < -0.3 is 0 Å². The molecule has 0 fully saturated rings. The molecule has 17 heavy (non-hydrogen) atoms. The van der Waals surface area contributed by atoms with Gasteiger partial charge in [-0.05, 0) is 34.5 Å². The lowest BCUT2D eigenvalue weighted by molar-refractivity contribution is 0.102. The number of halogens is 2. The number of aromatic nitrogens is 2. The molecule has 0 aliphatic rings. The molecule has 5 heteroatoms. The molecule has 0 spiro atoms. The Labute approximate surface area is 113 Å². The number of aryl methyl sites for hydroxylation is 2. The Morgan fingerprint density at radius 3 is 2.76 bits per heavy atom. The summed E-state index contributed by atoms with van der Waals surface area (Å²) >= 11 is 9.45. The minimum Gasteiger partial charge on any atom is -0.287 e. The van der Waals surface area contributed by atoms with Crippen molar-refractivity contribution in [3.05, 3.63) is 50.7 Å². The van der Waals surface area contributed by atoms with E-state index in [9.17, 15) is 4.79 Å². The van der Waals surface area contributed by atoms with Crippen LogP contribution in [0, 0.1) is 6.92 Å². The number of rotatable bonds is 2. The molecule has 0 aliphatic carbocycles. The maximum Gasteiger partial charge on any atom is 0.213 e. The van der Waals surface area contributed by atoms with E-state index in [1.54, 1.807) is 19.3 Å². The standard InChI is InChI=1S/C12H10BrClN2O/c1-7-4-3-5-8(10(7)14)12(17)11-9(13)6-15-16(11)2/h3-6H,1-2H3. The van der Waals surface area contributed by atoms with Crippen LogP contribution in [0.2, 0.25) is 5.02 Å². The molecule has 88 valence electrons. The summed E-state index contributed by atoms with van der Waals surface area (Å²) in [7, 11) is 1.72. The summed E-state index contributed by atoms with van der Waals surface area (Å²) in [5.41, 5.74) is 1.88. The second kappa shape index (κ2) is 4.63. The molecule has 1 aromatic carbocycles. The predicted molar refractivity (Wildman–Crippen MR) is 70.5 cm³/mol. The molecule has 2 rings (SSSR count). The highest BCUT2D eigenvalue weighted by atomic mass is 79.9. The smallest absolute Gasteiger partial charge is 0.213 e. The van der Waals surface area contributed by atoms with E-state index >= 15 is 0 Å². The molecular formula is C12H10BrClN2O. The van der Waals surface area contributed by atoms with Gasteiger partial charge in [-0.3, -0.25) is 9.48 Å². The zero-order chi connectivity index (χ0) is 12.6.